The third-order valence-electron chi connectivity index (χ3n) is 3.04. The first-order chi connectivity index (χ1) is 10.6. The second kappa shape index (κ2) is 7.18. The number of anilines is 2. The molecule has 0 radical (unpaired) electrons. The Hall–Kier alpha value is -2.94. The molecule has 2 aromatic rings. The van der Waals surface area contributed by atoms with Crippen LogP contribution in [0.5, 0.6) is 0 Å². The molecule has 6 nitrogen and oxygen atoms in total. The van der Waals surface area contributed by atoms with E-state index in [0.29, 0.717) is 23.9 Å². The number of aryl methyl sites for hydroxylation is 2. The van der Waals surface area contributed by atoms with Crippen molar-refractivity contribution in [3.8, 4) is 6.07 Å². The Morgan fingerprint density at radius 3 is 2.68 bits per heavy atom. The summed E-state index contributed by atoms with van der Waals surface area (Å²) in [6, 6.07) is 9.30. The Labute approximate surface area is 129 Å². The van der Waals surface area contributed by atoms with Crippen molar-refractivity contribution in [1.29, 1.82) is 5.26 Å². The predicted octanol–water partition coefficient (Wildman–Crippen LogP) is 2.41. The van der Waals surface area contributed by atoms with E-state index in [1.807, 2.05) is 32.0 Å². The van der Waals surface area contributed by atoms with Gasteiger partial charge < -0.3 is 10.6 Å². The molecule has 2 rings (SSSR count). The number of amides is 1. The standard InChI is InChI=1S/C16H17N5O/c1-11-3-5-15(19-10-11)21-16(22)7-8-18-14-6-4-12(2)13(9-17)20-14/h3-6,10H,7-8H2,1-2H3,(H,18,20)(H,19,21,22). The first-order valence-corrected chi connectivity index (χ1v) is 6.92. The van der Waals surface area contributed by atoms with Crippen molar-refractivity contribution in [1.82, 2.24) is 9.97 Å². The van der Waals surface area contributed by atoms with E-state index in [-0.39, 0.29) is 12.3 Å². The van der Waals surface area contributed by atoms with Gasteiger partial charge in [-0.3, -0.25) is 4.79 Å². The highest BCUT2D eigenvalue weighted by Gasteiger charge is 2.04. The van der Waals surface area contributed by atoms with E-state index < -0.39 is 0 Å². The van der Waals surface area contributed by atoms with E-state index in [2.05, 4.69) is 20.6 Å². The number of nitrogens with one attached hydrogen (secondary N) is 2. The zero-order valence-corrected chi connectivity index (χ0v) is 12.6. The van der Waals surface area contributed by atoms with Crippen LogP contribution in [0.2, 0.25) is 0 Å². The monoisotopic (exact) mass is 295 g/mol. The molecule has 0 atom stereocenters. The summed E-state index contributed by atoms with van der Waals surface area (Å²) < 4.78 is 0. The third-order valence-corrected chi connectivity index (χ3v) is 3.04. The maximum absolute atomic E-state index is 11.8. The van der Waals surface area contributed by atoms with Gasteiger partial charge in [-0.2, -0.15) is 5.26 Å². The minimum Gasteiger partial charge on any atom is -0.370 e. The molecule has 0 fully saturated rings. The van der Waals surface area contributed by atoms with Crippen LogP contribution >= 0.6 is 0 Å². The zero-order valence-electron chi connectivity index (χ0n) is 12.6. The second-order valence-electron chi connectivity index (χ2n) is 4.92. The number of carbonyl (C=O) groups excluding carboxylic acids is 1. The minimum absolute atomic E-state index is 0.128. The Balaban J connectivity index is 1.82. The van der Waals surface area contributed by atoms with Crippen LogP contribution in [-0.4, -0.2) is 22.4 Å². The topological polar surface area (TPSA) is 90.7 Å². The normalized spacial score (nSPS) is 9.86. The molecule has 2 N–H and O–H groups in total. The number of nitrogens with zero attached hydrogens (tertiary/aromatic N) is 3. The first-order valence-electron chi connectivity index (χ1n) is 6.92. The van der Waals surface area contributed by atoms with Crippen molar-refractivity contribution < 1.29 is 4.79 Å². The van der Waals surface area contributed by atoms with Crippen LogP contribution < -0.4 is 10.6 Å². The van der Waals surface area contributed by atoms with Gasteiger partial charge in [0.25, 0.3) is 0 Å². The molecular formula is C16H17N5O. The highest BCUT2D eigenvalue weighted by Crippen LogP contribution is 2.09. The predicted molar refractivity (Wildman–Crippen MR) is 84.4 cm³/mol. The van der Waals surface area contributed by atoms with E-state index in [1.54, 1.807) is 18.3 Å². The Morgan fingerprint density at radius 1 is 1.23 bits per heavy atom. The molecular weight excluding hydrogens is 278 g/mol. The van der Waals surface area contributed by atoms with Crippen LogP contribution in [0.4, 0.5) is 11.6 Å². The Kier molecular flexibility index (Phi) is 5.04. The largest absolute Gasteiger partial charge is 0.370 e. The molecule has 0 saturated heterocycles. The molecule has 0 aliphatic heterocycles. The van der Waals surface area contributed by atoms with Crippen LogP contribution in [0.25, 0.3) is 0 Å². The second-order valence-corrected chi connectivity index (χ2v) is 4.92. The average molecular weight is 295 g/mol. The highest BCUT2D eigenvalue weighted by molar-refractivity contribution is 5.90. The minimum atomic E-state index is -0.128. The summed E-state index contributed by atoms with van der Waals surface area (Å²) in [5.41, 5.74) is 2.26. The van der Waals surface area contributed by atoms with Gasteiger partial charge in [0.1, 0.15) is 23.4 Å². The van der Waals surface area contributed by atoms with Crippen molar-refractivity contribution in [2.45, 2.75) is 20.3 Å². The van der Waals surface area contributed by atoms with Gasteiger partial charge in [-0.25, -0.2) is 9.97 Å². The number of hydrogen-bond donors (Lipinski definition) is 2. The van der Waals surface area contributed by atoms with E-state index in [4.69, 9.17) is 5.26 Å². The summed E-state index contributed by atoms with van der Waals surface area (Å²) in [6.07, 6.45) is 1.99. The van der Waals surface area contributed by atoms with Crippen LogP contribution in [0.1, 0.15) is 23.2 Å². The lowest BCUT2D eigenvalue weighted by molar-refractivity contribution is -0.116. The molecule has 6 heteroatoms. The average Bonchev–Trinajstić information content (AvgIpc) is 2.51. The van der Waals surface area contributed by atoms with E-state index in [0.717, 1.165) is 11.1 Å². The van der Waals surface area contributed by atoms with Crippen LogP contribution in [0.15, 0.2) is 30.5 Å². The number of rotatable bonds is 5. The Bertz CT molecular complexity index is 703. The lowest BCUT2D eigenvalue weighted by Crippen LogP contribution is -2.17. The molecule has 0 bridgehead atoms. The van der Waals surface area contributed by atoms with Gasteiger partial charge in [0.05, 0.1) is 0 Å². The molecule has 0 aliphatic rings. The summed E-state index contributed by atoms with van der Waals surface area (Å²) in [5.74, 6) is 0.996. The van der Waals surface area contributed by atoms with E-state index >= 15 is 0 Å². The van der Waals surface area contributed by atoms with Gasteiger partial charge in [-0.05, 0) is 37.1 Å². The molecule has 0 unspecified atom stereocenters. The van der Waals surface area contributed by atoms with Crippen LogP contribution in [0, 0.1) is 25.2 Å². The number of carbonyl (C=O) groups is 1. The van der Waals surface area contributed by atoms with Gasteiger partial charge >= 0.3 is 0 Å². The third kappa shape index (κ3) is 4.28. The van der Waals surface area contributed by atoms with Gasteiger partial charge in [-0.15, -0.1) is 0 Å². The highest BCUT2D eigenvalue weighted by atomic mass is 16.1. The summed E-state index contributed by atoms with van der Waals surface area (Å²) in [5, 5.41) is 14.7. The lowest BCUT2D eigenvalue weighted by atomic mass is 10.2. The van der Waals surface area contributed by atoms with Crippen molar-refractivity contribution in [2.75, 3.05) is 17.2 Å². The maximum atomic E-state index is 11.8. The molecule has 1 amide bonds. The summed E-state index contributed by atoms with van der Waals surface area (Å²) in [7, 11) is 0. The number of pyridine rings is 2. The lowest BCUT2D eigenvalue weighted by Gasteiger charge is -2.07. The molecule has 112 valence electrons. The van der Waals surface area contributed by atoms with Crippen molar-refractivity contribution in [2.24, 2.45) is 0 Å². The Morgan fingerprint density at radius 2 is 2.00 bits per heavy atom. The zero-order chi connectivity index (χ0) is 15.9. The summed E-state index contributed by atoms with van der Waals surface area (Å²) in [6.45, 7) is 4.20. The molecule has 0 saturated carbocycles. The van der Waals surface area contributed by atoms with Crippen molar-refractivity contribution in [3.05, 3.63) is 47.3 Å². The van der Waals surface area contributed by atoms with Crippen molar-refractivity contribution in [3.63, 3.8) is 0 Å². The first kappa shape index (κ1) is 15.4. The quantitative estimate of drug-likeness (QED) is 0.884. The van der Waals surface area contributed by atoms with E-state index in [1.165, 1.54) is 0 Å². The SMILES string of the molecule is Cc1ccc(NC(=O)CCNc2ccc(C)c(C#N)n2)nc1. The van der Waals surface area contributed by atoms with Gasteiger partial charge in [0.2, 0.25) is 5.91 Å². The smallest absolute Gasteiger partial charge is 0.227 e. The molecule has 22 heavy (non-hydrogen) atoms. The molecule has 0 aromatic carbocycles. The van der Waals surface area contributed by atoms with Gasteiger partial charge in [-0.1, -0.05) is 12.1 Å². The van der Waals surface area contributed by atoms with Crippen molar-refractivity contribution >= 4 is 17.5 Å². The summed E-state index contributed by atoms with van der Waals surface area (Å²) >= 11 is 0. The maximum Gasteiger partial charge on any atom is 0.227 e. The molecule has 2 heterocycles. The summed E-state index contributed by atoms with van der Waals surface area (Å²) in [4.78, 5) is 20.1. The fourth-order valence-corrected chi connectivity index (χ4v) is 1.79. The van der Waals surface area contributed by atoms with Gasteiger partial charge in [0, 0.05) is 19.2 Å². The fraction of sp³-hybridized carbons (Fsp3) is 0.250. The number of hydrogen-bond acceptors (Lipinski definition) is 5. The molecule has 0 spiro atoms. The number of aromatic nitrogens is 2. The number of nitriles is 1. The molecule has 0 aliphatic carbocycles. The fourth-order valence-electron chi connectivity index (χ4n) is 1.79. The van der Waals surface area contributed by atoms with Gasteiger partial charge in [0.15, 0.2) is 0 Å². The van der Waals surface area contributed by atoms with Crippen LogP contribution in [0.3, 0.4) is 0 Å². The van der Waals surface area contributed by atoms with Crippen LogP contribution in [-0.2, 0) is 4.79 Å². The molecule has 2 aromatic heterocycles. The van der Waals surface area contributed by atoms with E-state index in [9.17, 15) is 4.79 Å².